The predicted molar refractivity (Wildman–Crippen MR) is 121 cm³/mol. The lowest BCUT2D eigenvalue weighted by Gasteiger charge is -2.15. The molecule has 0 unspecified atom stereocenters. The van der Waals surface area contributed by atoms with E-state index in [-0.39, 0.29) is 11.8 Å². The van der Waals surface area contributed by atoms with Gasteiger partial charge in [0.25, 0.3) is 11.8 Å². The highest BCUT2D eigenvalue weighted by Gasteiger charge is 2.36. The molecule has 31 heavy (non-hydrogen) atoms. The Morgan fingerprint density at radius 2 is 1.45 bits per heavy atom. The molecule has 0 radical (unpaired) electrons. The highest BCUT2D eigenvalue weighted by atomic mass is 16.5. The monoisotopic (exact) mass is 416 g/mol. The third kappa shape index (κ3) is 4.64. The number of hydrogen-bond acceptors (Lipinski definition) is 4. The maximum Gasteiger partial charge on any atom is 0.266 e. The maximum atomic E-state index is 12.5. The van der Waals surface area contributed by atoms with Crippen LogP contribution >= 0.6 is 0 Å². The first-order chi connectivity index (χ1) is 14.8. The molecular formula is C25H24N2O4. The van der Waals surface area contributed by atoms with Gasteiger partial charge in [-0.25, -0.2) is 4.90 Å². The summed E-state index contributed by atoms with van der Waals surface area (Å²) in [6.45, 7) is 5.79. The summed E-state index contributed by atoms with van der Waals surface area (Å²) in [5.41, 5.74) is 5.35. The van der Waals surface area contributed by atoms with Crippen molar-refractivity contribution in [1.29, 1.82) is 0 Å². The Bertz CT molecular complexity index is 1140. The second-order valence-corrected chi connectivity index (χ2v) is 7.28. The van der Waals surface area contributed by atoms with E-state index in [4.69, 9.17) is 4.74 Å². The Balaban J connectivity index is 0.000000229. The van der Waals surface area contributed by atoms with Crippen molar-refractivity contribution in [2.24, 2.45) is 0 Å². The highest BCUT2D eigenvalue weighted by molar-refractivity contribution is 6.34. The van der Waals surface area contributed by atoms with Gasteiger partial charge in [-0.05, 0) is 68.8 Å². The molecular weight excluding hydrogens is 392 g/mol. The molecule has 1 N–H and O–H groups in total. The zero-order valence-corrected chi connectivity index (χ0v) is 17.9. The fourth-order valence-electron chi connectivity index (χ4n) is 3.31. The van der Waals surface area contributed by atoms with Gasteiger partial charge in [0.1, 0.15) is 5.75 Å². The van der Waals surface area contributed by atoms with Crippen molar-refractivity contribution in [3.63, 3.8) is 0 Å². The van der Waals surface area contributed by atoms with E-state index in [9.17, 15) is 14.4 Å². The number of nitrogens with one attached hydrogen (secondary N) is 1. The number of methoxy groups -OCH3 is 1. The smallest absolute Gasteiger partial charge is 0.266 e. The molecule has 1 aliphatic rings. The summed E-state index contributed by atoms with van der Waals surface area (Å²) in [5, 5.41) is 2.55. The molecule has 1 aliphatic heterocycles. The molecule has 6 heteroatoms. The van der Waals surface area contributed by atoms with E-state index >= 15 is 0 Å². The summed E-state index contributed by atoms with van der Waals surface area (Å²) in [6.07, 6.45) is 0.671. The van der Waals surface area contributed by atoms with E-state index < -0.39 is 0 Å². The van der Waals surface area contributed by atoms with Gasteiger partial charge in [0, 0.05) is 5.69 Å². The zero-order valence-electron chi connectivity index (χ0n) is 17.9. The fraction of sp³-hybridized carbons (Fsp3) is 0.160. The summed E-state index contributed by atoms with van der Waals surface area (Å²) in [5.74, 6) is 0.175. The van der Waals surface area contributed by atoms with Gasteiger partial charge < -0.3 is 10.1 Å². The topological polar surface area (TPSA) is 75.7 Å². The number of aryl methyl sites for hydroxylation is 3. The molecule has 4 rings (SSSR count). The molecule has 0 spiro atoms. The van der Waals surface area contributed by atoms with E-state index in [1.807, 2.05) is 51.1 Å². The average Bonchev–Trinajstić information content (AvgIpc) is 3.00. The van der Waals surface area contributed by atoms with Crippen LogP contribution in [0.15, 0.2) is 60.7 Å². The van der Waals surface area contributed by atoms with Crippen LogP contribution in [0.3, 0.4) is 0 Å². The number of fused-ring (bicyclic) bond motifs is 1. The Hall–Kier alpha value is -3.93. The number of amides is 3. The lowest BCUT2D eigenvalue weighted by molar-refractivity contribution is -0.105. The van der Waals surface area contributed by atoms with Crippen molar-refractivity contribution in [2.45, 2.75) is 20.8 Å². The third-order valence-corrected chi connectivity index (χ3v) is 4.96. The van der Waals surface area contributed by atoms with Gasteiger partial charge in [0.2, 0.25) is 6.41 Å². The van der Waals surface area contributed by atoms with Gasteiger partial charge in [0.05, 0.1) is 23.9 Å². The van der Waals surface area contributed by atoms with Crippen molar-refractivity contribution in [3.8, 4) is 5.75 Å². The summed E-state index contributed by atoms with van der Waals surface area (Å²) in [6, 6.07) is 18.2. The molecule has 0 saturated heterocycles. The largest absolute Gasteiger partial charge is 0.496 e. The predicted octanol–water partition coefficient (Wildman–Crippen LogP) is 4.68. The van der Waals surface area contributed by atoms with Crippen LogP contribution in [-0.4, -0.2) is 25.3 Å². The SMILES string of the molecule is COc1ccc(N2C(=O)c3ccc(C)cc3C2=O)cc1C.Cc1ccc(NC=O)cc1. The molecule has 0 aromatic heterocycles. The first-order valence-corrected chi connectivity index (χ1v) is 9.76. The van der Waals surface area contributed by atoms with Crippen LogP contribution in [0.25, 0.3) is 0 Å². The highest BCUT2D eigenvalue weighted by Crippen LogP contribution is 2.31. The summed E-state index contributed by atoms with van der Waals surface area (Å²) in [4.78, 5) is 36.1. The van der Waals surface area contributed by atoms with Crippen LogP contribution in [0, 0.1) is 20.8 Å². The Kier molecular flexibility index (Phi) is 6.50. The van der Waals surface area contributed by atoms with E-state index in [2.05, 4.69) is 5.32 Å². The minimum atomic E-state index is -0.278. The molecule has 3 aromatic rings. The molecule has 0 atom stereocenters. The molecule has 3 amide bonds. The van der Waals surface area contributed by atoms with E-state index in [0.717, 1.165) is 22.6 Å². The number of benzene rings is 3. The summed E-state index contributed by atoms with van der Waals surface area (Å²) >= 11 is 0. The number of rotatable bonds is 4. The number of anilines is 2. The van der Waals surface area contributed by atoms with Crippen LogP contribution in [0.1, 0.15) is 37.4 Å². The first-order valence-electron chi connectivity index (χ1n) is 9.76. The molecule has 0 aliphatic carbocycles. The number of hydrogen-bond donors (Lipinski definition) is 1. The number of nitrogens with zero attached hydrogens (tertiary/aromatic N) is 1. The zero-order chi connectivity index (χ0) is 22.5. The van der Waals surface area contributed by atoms with Crippen LogP contribution in [-0.2, 0) is 4.79 Å². The van der Waals surface area contributed by atoms with Gasteiger partial charge in [-0.3, -0.25) is 14.4 Å². The van der Waals surface area contributed by atoms with Gasteiger partial charge in [-0.15, -0.1) is 0 Å². The standard InChI is InChI=1S/C17H15NO3.C8H9NO/c1-10-4-6-13-14(8-10)17(20)18(16(13)19)12-5-7-15(21-3)11(2)9-12;1-7-2-4-8(5-3-7)9-6-10/h4-9H,1-3H3;2-6H,1H3,(H,9,10). The average molecular weight is 416 g/mol. The van der Waals surface area contributed by atoms with Crippen LogP contribution in [0.4, 0.5) is 11.4 Å². The van der Waals surface area contributed by atoms with Crippen molar-refractivity contribution in [1.82, 2.24) is 0 Å². The Morgan fingerprint density at radius 1 is 0.806 bits per heavy atom. The van der Waals surface area contributed by atoms with E-state index in [1.54, 1.807) is 37.4 Å². The molecule has 158 valence electrons. The molecule has 6 nitrogen and oxygen atoms in total. The van der Waals surface area contributed by atoms with Gasteiger partial charge in [-0.1, -0.05) is 29.3 Å². The second-order valence-electron chi connectivity index (χ2n) is 7.28. The molecule has 0 fully saturated rings. The lowest BCUT2D eigenvalue weighted by Crippen LogP contribution is -2.29. The van der Waals surface area contributed by atoms with Crippen molar-refractivity contribution < 1.29 is 19.1 Å². The lowest BCUT2D eigenvalue weighted by atomic mass is 10.1. The number of carbonyl (C=O) groups is 3. The van der Waals surface area contributed by atoms with Crippen molar-refractivity contribution in [2.75, 3.05) is 17.3 Å². The van der Waals surface area contributed by atoms with Crippen LogP contribution in [0.5, 0.6) is 5.75 Å². The van der Waals surface area contributed by atoms with E-state index in [0.29, 0.717) is 23.2 Å². The first kappa shape index (κ1) is 21.8. The minimum Gasteiger partial charge on any atom is -0.496 e. The second kappa shape index (κ2) is 9.26. The van der Waals surface area contributed by atoms with Gasteiger partial charge in [-0.2, -0.15) is 0 Å². The number of carbonyl (C=O) groups excluding carboxylic acids is 3. The fourth-order valence-corrected chi connectivity index (χ4v) is 3.31. The normalized spacial score (nSPS) is 12.1. The van der Waals surface area contributed by atoms with Crippen molar-refractivity contribution >= 4 is 29.6 Å². The molecule has 0 saturated carbocycles. The number of ether oxygens (including phenoxy) is 1. The number of imide groups is 1. The van der Waals surface area contributed by atoms with Gasteiger partial charge >= 0.3 is 0 Å². The summed E-state index contributed by atoms with van der Waals surface area (Å²) < 4.78 is 5.21. The molecule has 3 aromatic carbocycles. The Morgan fingerprint density at radius 3 is 2.06 bits per heavy atom. The van der Waals surface area contributed by atoms with Gasteiger partial charge in [0.15, 0.2) is 0 Å². The third-order valence-electron chi connectivity index (χ3n) is 4.96. The molecule has 0 bridgehead atoms. The maximum absolute atomic E-state index is 12.5. The Labute approximate surface area is 181 Å². The molecule has 1 heterocycles. The minimum absolute atomic E-state index is 0.275. The van der Waals surface area contributed by atoms with E-state index in [1.165, 1.54) is 10.5 Å². The van der Waals surface area contributed by atoms with Crippen LogP contribution < -0.4 is 15.0 Å². The summed E-state index contributed by atoms with van der Waals surface area (Å²) in [7, 11) is 1.59. The quantitative estimate of drug-likeness (QED) is 0.495. The van der Waals surface area contributed by atoms with Crippen molar-refractivity contribution in [3.05, 3.63) is 88.5 Å². The van der Waals surface area contributed by atoms with Crippen LogP contribution in [0.2, 0.25) is 0 Å².